The third kappa shape index (κ3) is 4.32. The van der Waals surface area contributed by atoms with Crippen LogP contribution in [0, 0.1) is 0 Å². The van der Waals surface area contributed by atoms with Gasteiger partial charge in [0.05, 0.1) is 10.6 Å². The van der Waals surface area contributed by atoms with Crippen LogP contribution in [0.2, 0.25) is 0 Å². The van der Waals surface area contributed by atoms with Crippen molar-refractivity contribution >= 4 is 23.7 Å². The fourth-order valence-electron chi connectivity index (χ4n) is 2.98. The zero-order valence-electron chi connectivity index (χ0n) is 13.0. The Morgan fingerprint density at radius 1 is 1.41 bits per heavy atom. The lowest BCUT2D eigenvalue weighted by Crippen LogP contribution is -2.43. The molecule has 1 aliphatic heterocycles. The quantitative estimate of drug-likeness (QED) is 0.868. The molecule has 2 aromatic rings. The Balaban J connectivity index is 0.00000176. The van der Waals surface area contributed by atoms with E-state index in [0.717, 1.165) is 42.5 Å². The van der Waals surface area contributed by atoms with Gasteiger partial charge >= 0.3 is 0 Å². The van der Waals surface area contributed by atoms with Gasteiger partial charge in [-0.2, -0.15) is 0 Å². The highest BCUT2D eigenvalue weighted by Gasteiger charge is 2.21. The van der Waals surface area contributed by atoms with Crippen molar-refractivity contribution in [2.45, 2.75) is 38.8 Å². The smallest absolute Gasteiger partial charge is 0.177 e. The Hall–Kier alpha value is -0.880. The molecule has 2 aromatic heterocycles. The summed E-state index contributed by atoms with van der Waals surface area (Å²) in [6, 6.07) is 6.88. The first kappa shape index (κ1) is 17.5. The first-order chi connectivity index (χ1) is 10.4. The summed E-state index contributed by atoms with van der Waals surface area (Å²) in [6.07, 6.45) is 3.64. The summed E-state index contributed by atoms with van der Waals surface area (Å²) in [6.45, 7) is 6.53. The molecular weight excluding hydrogens is 318 g/mol. The molecule has 6 heteroatoms. The van der Waals surface area contributed by atoms with Crippen LogP contribution in [-0.2, 0) is 6.54 Å². The summed E-state index contributed by atoms with van der Waals surface area (Å²) in [5.74, 6) is 0.891. The number of aromatic nitrogens is 1. The number of piperidine rings is 1. The van der Waals surface area contributed by atoms with Crippen LogP contribution in [0.5, 0.6) is 0 Å². The van der Waals surface area contributed by atoms with Crippen LogP contribution < -0.4 is 5.32 Å². The van der Waals surface area contributed by atoms with Crippen molar-refractivity contribution in [1.29, 1.82) is 0 Å². The van der Waals surface area contributed by atoms with Gasteiger partial charge in [0.1, 0.15) is 0 Å². The van der Waals surface area contributed by atoms with Crippen molar-refractivity contribution in [3.8, 4) is 10.6 Å². The van der Waals surface area contributed by atoms with Crippen LogP contribution in [0.15, 0.2) is 28.1 Å². The number of thiophene rings is 1. The molecule has 1 N–H and O–H groups in total. The van der Waals surface area contributed by atoms with Gasteiger partial charge in [0.15, 0.2) is 5.76 Å². The minimum Gasteiger partial charge on any atom is -0.355 e. The van der Waals surface area contributed by atoms with Crippen molar-refractivity contribution in [3.05, 3.63) is 29.3 Å². The van der Waals surface area contributed by atoms with Crippen molar-refractivity contribution in [2.75, 3.05) is 19.6 Å². The highest BCUT2D eigenvalue weighted by atomic mass is 35.5. The summed E-state index contributed by atoms with van der Waals surface area (Å²) in [7, 11) is 0. The van der Waals surface area contributed by atoms with Crippen LogP contribution in [0.3, 0.4) is 0 Å². The van der Waals surface area contributed by atoms with Gasteiger partial charge in [-0.3, -0.25) is 4.90 Å². The van der Waals surface area contributed by atoms with E-state index in [-0.39, 0.29) is 12.4 Å². The Morgan fingerprint density at radius 3 is 2.91 bits per heavy atom. The van der Waals surface area contributed by atoms with E-state index >= 15 is 0 Å². The van der Waals surface area contributed by atoms with Gasteiger partial charge in [-0.25, -0.2) is 0 Å². The van der Waals surface area contributed by atoms with Gasteiger partial charge in [-0.15, -0.1) is 23.7 Å². The van der Waals surface area contributed by atoms with E-state index in [2.05, 4.69) is 39.8 Å². The highest BCUT2D eigenvalue weighted by molar-refractivity contribution is 7.13. The Bertz CT molecular complexity index is 537. The third-order valence-corrected chi connectivity index (χ3v) is 4.91. The van der Waals surface area contributed by atoms with Gasteiger partial charge in [-0.1, -0.05) is 18.1 Å². The fourth-order valence-corrected chi connectivity index (χ4v) is 3.65. The van der Waals surface area contributed by atoms with Gasteiger partial charge in [0.25, 0.3) is 0 Å². The minimum absolute atomic E-state index is 0. The van der Waals surface area contributed by atoms with Crippen LogP contribution in [0.1, 0.15) is 31.9 Å². The number of nitrogens with zero attached hydrogens (tertiary/aromatic N) is 2. The number of halogens is 1. The summed E-state index contributed by atoms with van der Waals surface area (Å²) in [5, 5.41) is 9.77. The van der Waals surface area contributed by atoms with E-state index in [1.165, 1.54) is 19.3 Å². The molecule has 0 amide bonds. The fraction of sp³-hybridized carbons (Fsp3) is 0.562. The maximum Gasteiger partial charge on any atom is 0.177 e. The monoisotopic (exact) mass is 341 g/mol. The molecule has 0 bridgehead atoms. The van der Waals surface area contributed by atoms with E-state index in [9.17, 15) is 0 Å². The molecule has 1 aliphatic rings. The average Bonchev–Trinajstić information content (AvgIpc) is 3.19. The molecule has 0 unspecified atom stereocenters. The Kier molecular flexibility index (Phi) is 6.89. The van der Waals surface area contributed by atoms with E-state index in [1.54, 1.807) is 11.3 Å². The second kappa shape index (κ2) is 8.67. The topological polar surface area (TPSA) is 41.3 Å². The lowest BCUT2D eigenvalue weighted by Gasteiger charge is -2.33. The summed E-state index contributed by atoms with van der Waals surface area (Å²) < 4.78 is 5.50. The SMILES string of the molecule is CCCN(Cc1cc(-c2cccs2)on1)C1CCNCC1.Cl. The van der Waals surface area contributed by atoms with Gasteiger partial charge in [-0.05, 0) is 50.3 Å². The van der Waals surface area contributed by atoms with E-state index in [0.29, 0.717) is 6.04 Å². The largest absolute Gasteiger partial charge is 0.355 e. The Morgan fingerprint density at radius 2 is 2.23 bits per heavy atom. The summed E-state index contributed by atoms with van der Waals surface area (Å²) >= 11 is 1.69. The molecule has 0 atom stereocenters. The molecular formula is C16H24ClN3OS. The normalized spacial score (nSPS) is 15.9. The van der Waals surface area contributed by atoms with Crippen molar-refractivity contribution in [3.63, 3.8) is 0 Å². The first-order valence-electron chi connectivity index (χ1n) is 7.81. The van der Waals surface area contributed by atoms with Crippen LogP contribution in [0.25, 0.3) is 10.6 Å². The number of nitrogens with one attached hydrogen (secondary N) is 1. The molecule has 0 saturated carbocycles. The second-order valence-electron chi connectivity index (χ2n) is 5.61. The average molecular weight is 342 g/mol. The standard InChI is InChI=1S/C16H23N3OS.ClH/c1-2-9-19(14-5-7-17-8-6-14)12-13-11-15(20-18-13)16-4-3-10-21-16;/h3-4,10-11,14,17H,2,5-9,12H2,1H3;1H. The van der Waals surface area contributed by atoms with Gasteiger partial charge in [0.2, 0.25) is 0 Å². The summed E-state index contributed by atoms with van der Waals surface area (Å²) in [4.78, 5) is 3.72. The van der Waals surface area contributed by atoms with Crippen LogP contribution >= 0.6 is 23.7 Å². The van der Waals surface area contributed by atoms with Crippen LogP contribution in [-0.4, -0.2) is 35.7 Å². The lowest BCUT2D eigenvalue weighted by atomic mass is 10.0. The van der Waals surface area contributed by atoms with Crippen LogP contribution in [0.4, 0.5) is 0 Å². The molecule has 4 nitrogen and oxygen atoms in total. The summed E-state index contributed by atoms with van der Waals surface area (Å²) in [5.41, 5.74) is 1.05. The van der Waals surface area contributed by atoms with E-state index < -0.39 is 0 Å². The van der Waals surface area contributed by atoms with Crippen molar-refractivity contribution in [1.82, 2.24) is 15.4 Å². The highest BCUT2D eigenvalue weighted by Crippen LogP contribution is 2.26. The van der Waals surface area contributed by atoms with Gasteiger partial charge in [0, 0.05) is 18.7 Å². The Labute approximate surface area is 142 Å². The van der Waals surface area contributed by atoms with E-state index in [4.69, 9.17) is 4.52 Å². The zero-order valence-corrected chi connectivity index (χ0v) is 14.6. The van der Waals surface area contributed by atoms with Crippen molar-refractivity contribution < 1.29 is 4.52 Å². The molecule has 0 radical (unpaired) electrons. The molecule has 3 rings (SSSR count). The molecule has 0 aliphatic carbocycles. The molecule has 0 aromatic carbocycles. The first-order valence-corrected chi connectivity index (χ1v) is 8.69. The maximum atomic E-state index is 5.50. The predicted molar refractivity (Wildman–Crippen MR) is 93.7 cm³/mol. The molecule has 22 heavy (non-hydrogen) atoms. The molecule has 1 fully saturated rings. The molecule has 0 spiro atoms. The molecule has 122 valence electrons. The zero-order chi connectivity index (χ0) is 14.5. The number of hydrogen-bond donors (Lipinski definition) is 1. The molecule has 3 heterocycles. The maximum absolute atomic E-state index is 5.50. The lowest BCUT2D eigenvalue weighted by molar-refractivity contribution is 0.150. The molecule has 1 saturated heterocycles. The third-order valence-electron chi connectivity index (χ3n) is 4.02. The minimum atomic E-state index is 0. The van der Waals surface area contributed by atoms with Gasteiger partial charge < -0.3 is 9.84 Å². The second-order valence-corrected chi connectivity index (χ2v) is 6.56. The predicted octanol–water partition coefficient (Wildman–Crippen LogP) is 3.79. The number of hydrogen-bond acceptors (Lipinski definition) is 5. The van der Waals surface area contributed by atoms with E-state index in [1.807, 2.05) is 6.07 Å². The number of rotatable bonds is 6. The van der Waals surface area contributed by atoms with Crippen molar-refractivity contribution in [2.24, 2.45) is 0 Å².